The number of halogens is 1. The van der Waals surface area contributed by atoms with Crippen molar-refractivity contribution in [2.75, 3.05) is 13.7 Å². The van der Waals surface area contributed by atoms with E-state index in [4.69, 9.17) is 16.3 Å². The predicted molar refractivity (Wildman–Crippen MR) is 100 cm³/mol. The molecule has 150 valence electrons. The molecule has 0 radical (unpaired) electrons. The number of urea groups is 1. The highest BCUT2D eigenvalue weighted by Crippen LogP contribution is 2.35. The Hall–Kier alpha value is -2.61. The van der Waals surface area contributed by atoms with Crippen molar-refractivity contribution in [3.8, 4) is 0 Å². The van der Waals surface area contributed by atoms with Crippen LogP contribution >= 0.6 is 11.6 Å². The number of hydrogen-bond acceptors (Lipinski definition) is 5. The number of rotatable bonds is 6. The molecule has 1 aliphatic carbocycles. The molecule has 28 heavy (non-hydrogen) atoms. The number of carbonyl (C=O) groups is 4. The molecular formula is C19H22ClN3O5. The first kappa shape index (κ1) is 20.1. The van der Waals surface area contributed by atoms with Crippen molar-refractivity contribution in [2.45, 2.75) is 43.7 Å². The molecule has 9 heteroatoms. The van der Waals surface area contributed by atoms with Crippen LogP contribution in [0.15, 0.2) is 24.3 Å². The van der Waals surface area contributed by atoms with E-state index in [9.17, 15) is 19.2 Å². The summed E-state index contributed by atoms with van der Waals surface area (Å²) in [6, 6.07) is 5.50. The van der Waals surface area contributed by atoms with E-state index in [-0.39, 0.29) is 12.3 Å². The minimum absolute atomic E-state index is 0.129. The number of imide groups is 1. The second-order valence-electron chi connectivity index (χ2n) is 7.03. The van der Waals surface area contributed by atoms with E-state index in [0.29, 0.717) is 23.4 Å². The minimum Gasteiger partial charge on any atom is -0.469 e. The van der Waals surface area contributed by atoms with E-state index < -0.39 is 36.0 Å². The quantitative estimate of drug-likeness (QED) is 0.553. The maximum Gasteiger partial charge on any atom is 0.325 e. The number of carbonyl (C=O) groups excluding carboxylic acids is 4. The van der Waals surface area contributed by atoms with Crippen LogP contribution in [0, 0.1) is 0 Å². The van der Waals surface area contributed by atoms with Crippen molar-refractivity contribution < 1.29 is 23.9 Å². The number of methoxy groups -OCH3 is 1. The average Bonchev–Trinajstić information content (AvgIpc) is 3.22. The Balaban J connectivity index is 1.72. The first-order chi connectivity index (χ1) is 13.4. The van der Waals surface area contributed by atoms with Crippen LogP contribution in [0.5, 0.6) is 0 Å². The molecule has 1 atom stereocenters. The van der Waals surface area contributed by atoms with Gasteiger partial charge in [-0.15, -0.1) is 0 Å². The molecule has 2 N–H and O–H groups in total. The van der Waals surface area contributed by atoms with Gasteiger partial charge in [0.05, 0.1) is 19.6 Å². The van der Waals surface area contributed by atoms with E-state index in [1.807, 2.05) is 0 Å². The van der Waals surface area contributed by atoms with E-state index in [0.717, 1.165) is 17.7 Å². The highest BCUT2D eigenvalue weighted by atomic mass is 35.5. The summed E-state index contributed by atoms with van der Waals surface area (Å²) in [6.07, 6.45) is 2.76. The fraction of sp³-hybridized carbons (Fsp3) is 0.474. The van der Waals surface area contributed by atoms with E-state index in [1.54, 1.807) is 24.3 Å². The van der Waals surface area contributed by atoms with Crippen LogP contribution < -0.4 is 10.6 Å². The second kappa shape index (κ2) is 8.18. The summed E-state index contributed by atoms with van der Waals surface area (Å²) < 4.78 is 4.69. The van der Waals surface area contributed by atoms with Gasteiger partial charge in [0.2, 0.25) is 5.91 Å². The zero-order chi connectivity index (χ0) is 20.3. The Labute approximate surface area is 167 Å². The molecule has 1 aliphatic heterocycles. The van der Waals surface area contributed by atoms with Crippen molar-refractivity contribution in [1.82, 2.24) is 15.5 Å². The largest absolute Gasteiger partial charge is 0.469 e. The van der Waals surface area contributed by atoms with Crippen LogP contribution in [0.1, 0.15) is 43.7 Å². The molecule has 1 saturated heterocycles. The maximum absolute atomic E-state index is 12.7. The first-order valence-corrected chi connectivity index (χ1v) is 9.49. The Morgan fingerprint density at radius 2 is 1.96 bits per heavy atom. The lowest BCUT2D eigenvalue weighted by Crippen LogP contribution is -2.45. The predicted octanol–water partition coefficient (Wildman–Crippen LogP) is 1.93. The number of nitrogens with zero attached hydrogens (tertiary/aromatic N) is 1. The molecule has 1 unspecified atom stereocenters. The van der Waals surface area contributed by atoms with Crippen LogP contribution in [-0.4, -0.2) is 47.9 Å². The number of amides is 4. The third kappa shape index (κ3) is 3.96. The van der Waals surface area contributed by atoms with Gasteiger partial charge in [0, 0.05) is 5.02 Å². The minimum atomic E-state index is -0.870. The summed E-state index contributed by atoms with van der Waals surface area (Å²) in [7, 11) is 1.25. The summed E-state index contributed by atoms with van der Waals surface area (Å²) in [6.45, 7) is -0.422. The van der Waals surface area contributed by atoms with Gasteiger partial charge in [-0.25, -0.2) is 4.79 Å². The first-order valence-electron chi connectivity index (χ1n) is 9.11. The van der Waals surface area contributed by atoms with Gasteiger partial charge in [-0.3, -0.25) is 19.3 Å². The van der Waals surface area contributed by atoms with Crippen molar-refractivity contribution in [2.24, 2.45) is 0 Å². The molecule has 1 saturated carbocycles. The lowest BCUT2D eigenvalue weighted by atomic mass is 9.98. The van der Waals surface area contributed by atoms with Gasteiger partial charge in [-0.2, -0.15) is 0 Å². The van der Waals surface area contributed by atoms with Gasteiger partial charge in [-0.1, -0.05) is 42.6 Å². The summed E-state index contributed by atoms with van der Waals surface area (Å²) in [5.74, 6) is -1.45. The van der Waals surface area contributed by atoms with Crippen molar-refractivity contribution in [3.63, 3.8) is 0 Å². The van der Waals surface area contributed by atoms with Crippen molar-refractivity contribution in [1.29, 1.82) is 0 Å². The molecule has 1 aromatic carbocycles. The lowest BCUT2D eigenvalue weighted by Gasteiger charge is -2.22. The number of hydrogen-bond donors (Lipinski definition) is 2. The molecule has 0 aromatic heterocycles. The number of ether oxygens (including phenoxy) is 1. The smallest absolute Gasteiger partial charge is 0.325 e. The molecule has 8 nitrogen and oxygen atoms in total. The van der Waals surface area contributed by atoms with Gasteiger partial charge in [0.15, 0.2) is 0 Å². The second-order valence-corrected chi connectivity index (χ2v) is 7.44. The molecule has 1 spiro atoms. The van der Waals surface area contributed by atoms with Gasteiger partial charge < -0.3 is 15.4 Å². The molecule has 1 heterocycles. The molecule has 4 amide bonds. The van der Waals surface area contributed by atoms with Gasteiger partial charge in [0.1, 0.15) is 12.1 Å². The number of benzene rings is 1. The van der Waals surface area contributed by atoms with Crippen LogP contribution in [0.2, 0.25) is 5.02 Å². The molecular weight excluding hydrogens is 386 g/mol. The Morgan fingerprint density at radius 3 is 2.61 bits per heavy atom. The topological polar surface area (TPSA) is 105 Å². The third-order valence-electron chi connectivity index (χ3n) is 5.22. The highest BCUT2D eigenvalue weighted by molar-refractivity contribution is 6.31. The Morgan fingerprint density at radius 1 is 1.29 bits per heavy atom. The zero-order valence-electron chi connectivity index (χ0n) is 15.5. The Kier molecular flexibility index (Phi) is 5.88. The molecule has 2 fully saturated rings. The van der Waals surface area contributed by atoms with E-state index in [1.165, 1.54) is 7.11 Å². The monoisotopic (exact) mass is 407 g/mol. The van der Waals surface area contributed by atoms with Crippen LogP contribution in [-0.2, 0) is 19.1 Å². The average molecular weight is 408 g/mol. The molecule has 1 aromatic rings. The van der Waals surface area contributed by atoms with Gasteiger partial charge in [0.25, 0.3) is 5.91 Å². The lowest BCUT2D eigenvalue weighted by molar-refractivity contribution is -0.141. The van der Waals surface area contributed by atoms with Crippen LogP contribution in [0.4, 0.5) is 4.79 Å². The van der Waals surface area contributed by atoms with Gasteiger partial charge >= 0.3 is 12.0 Å². The zero-order valence-corrected chi connectivity index (χ0v) is 16.3. The fourth-order valence-corrected chi connectivity index (χ4v) is 4.03. The van der Waals surface area contributed by atoms with Crippen LogP contribution in [0.3, 0.4) is 0 Å². The molecule has 2 aliphatic rings. The summed E-state index contributed by atoms with van der Waals surface area (Å²) >= 11 is 6.20. The summed E-state index contributed by atoms with van der Waals surface area (Å²) in [4.78, 5) is 50.2. The normalized spacial score (nSPS) is 18.9. The van der Waals surface area contributed by atoms with E-state index in [2.05, 4.69) is 10.6 Å². The molecule has 3 rings (SSSR count). The number of nitrogens with one attached hydrogen (secondary N) is 2. The van der Waals surface area contributed by atoms with Gasteiger partial charge in [-0.05, 0) is 24.5 Å². The number of esters is 1. The van der Waals surface area contributed by atoms with Crippen molar-refractivity contribution >= 4 is 35.4 Å². The summed E-state index contributed by atoms with van der Waals surface area (Å²) in [5, 5.41) is 5.81. The third-order valence-corrected chi connectivity index (χ3v) is 5.56. The SMILES string of the molecule is COC(=O)CC(NC(=O)CN1C(=O)NC2(CCCC2)C1=O)c1ccccc1Cl. The van der Waals surface area contributed by atoms with Crippen LogP contribution in [0.25, 0.3) is 0 Å². The summed E-state index contributed by atoms with van der Waals surface area (Å²) in [5.41, 5.74) is -0.321. The standard InChI is InChI=1S/C19H22ClN3O5/c1-28-16(25)10-14(12-6-2-3-7-13(12)20)21-15(24)11-23-17(26)19(22-18(23)27)8-4-5-9-19/h2-3,6-7,14H,4-5,8-11H2,1H3,(H,21,24)(H,22,27). The maximum atomic E-state index is 12.7. The van der Waals surface area contributed by atoms with Crippen molar-refractivity contribution in [3.05, 3.63) is 34.9 Å². The molecule has 0 bridgehead atoms. The van der Waals surface area contributed by atoms with E-state index >= 15 is 0 Å². The Bertz CT molecular complexity index is 807. The highest BCUT2D eigenvalue weighted by Gasteiger charge is 2.52. The fourth-order valence-electron chi connectivity index (χ4n) is 3.77.